The van der Waals surface area contributed by atoms with Gasteiger partial charge in [0.25, 0.3) is 0 Å². The minimum absolute atomic E-state index is 0.0400. The zero-order valence-electron chi connectivity index (χ0n) is 7.40. The average Bonchev–Trinajstić information content (AvgIpc) is 2.82. The lowest BCUT2D eigenvalue weighted by Crippen LogP contribution is -2.14. The lowest BCUT2D eigenvalue weighted by molar-refractivity contribution is -0.119. The number of amides is 1. The minimum Gasteiger partial charge on any atom is -0.369 e. The van der Waals surface area contributed by atoms with Crippen LogP contribution in [0.3, 0.4) is 0 Å². The van der Waals surface area contributed by atoms with Gasteiger partial charge in [0.2, 0.25) is 5.91 Å². The first-order valence-electron chi connectivity index (χ1n) is 4.27. The lowest BCUT2D eigenvalue weighted by atomic mass is 10.3. The van der Waals surface area contributed by atoms with E-state index in [0.717, 1.165) is 17.9 Å². The molecule has 2 rings (SSSR count). The molecule has 4 heteroatoms. The molecule has 0 saturated heterocycles. The van der Waals surface area contributed by atoms with E-state index in [0.29, 0.717) is 0 Å². The van der Waals surface area contributed by atoms with Crippen molar-refractivity contribution < 1.29 is 4.79 Å². The highest BCUT2D eigenvalue weighted by atomic mass is 16.1. The molecule has 1 amide bonds. The van der Waals surface area contributed by atoms with Crippen LogP contribution >= 0.6 is 0 Å². The van der Waals surface area contributed by atoms with Gasteiger partial charge in [0, 0.05) is 23.7 Å². The van der Waals surface area contributed by atoms with Gasteiger partial charge in [0.15, 0.2) is 0 Å². The molecular formula is C9H11N3O. The summed E-state index contributed by atoms with van der Waals surface area (Å²) in [5.74, 6) is 0.637. The van der Waals surface area contributed by atoms with Crippen molar-refractivity contribution in [1.82, 2.24) is 9.97 Å². The second kappa shape index (κ2) is 2.80. The molecule has 1 fully saturated rings. The zero-order valence-corrected chi connectivity index (χ0v) is 7.40. The van der Waals surface area contributed by atoms with E-state index in [2.05, 4.69) is 9.97 Å². The van der Waals surface area contributed by atoms with Crippen molar-refractivity contribution in [3.8, 4) is 0 Å². The molecule has 13 heavy (non-hydrogen) atoms. The first-order chi connectivity index (χ1) is 6.18. The van der Waals surface area contributed by atoms with E-state index < -0.39 is 0 Å². The Morgan fingerprint density at radius 2 is 2.46 bits per heavy atom. The number of carbonyl (C=O) groups excluding carboxylic acids is 1. The van der Waals surface area contributed by atoms with Crippen LogP contribution in [0.5, 0.6) is 0 Å². The van der Waals surface area contributed by atoms with Crippen LogP contribution in [-0.2, 0) is 4.79 Å². The molecule has 0 aliphatic heterocycles. The Labute approximate surface area is 76.2 Å². The topological polar surface area (TPSA) is 68.9 Å². The summed E-state index contributed by atoms with van der Waals surface area (Å²) in [6.07, 6.45) is 2.52. The number of aryl methyl sites for hydroxylation is 1. The van der Waals surface area contributed by atoms with E-state index in [4.69, 9.17) is 5.73 Å². The van der Waals surface area contributed by atoms with Crippen molar-refractivity contribution in [2.75, 3.05) is 0 Å². The molecule has 1 aliphatic carbocycles. The molecule has 1 saturated carbocycles. The van der Waals surface area contributed by atoms with E-state index in [-0.39, 0.29) is 17.7 Å². The molecule has 1 aromatic heterocycles. The van der Waals surface area contributed by atoms with Gasteiger partial charge in [0.05, 0.1) is 0 Å². The number of nitrogens with zero attached hydrogens (tertiary/aromatic N) is 2. The SMILES string of the molecule is Cc1ccnc([C@@H]2C[C@H]2C(N)=O)n1. The summed E-state index contributed by atoms with van der Waals surface area (Å²) in [7, 11) is 0. The molecule has 1 aromatic rings. The fourth-order valence-corrected chi connectivity index (χ4v) is 1.44. The van der Waals surface area contributed by atoms with Crippen molar-refractivity contribution in [3.63, 3.8) is 0 Å². The van der Waals surface area contributed by atoms with E-state index in [1.54, 1.807) is 6.20 Å². The number of aromatic nitrogens is 2. The lowest BCUT2D eigenvalue weighted by Gasteiger charge is -1.97. The molecule has 0 bridgehead atoms. The monoisotopic (exact) mass is 177 g/mol. The van der Waals surface area contributed by atoms with Crippen LogP contribution in [0.4, 0.5) is 0 Å². The van der Waals surface area contributed by atoms with E-state index in [1.807, 2.05) is 13.0 Å². The van der Waals surface area contributed by atoms with Crippen LogP contribution in [0.2, 0.25) is 0 Å². The number of carbonyl (C=O) groups is 1. The van der Waals surface area contributed by atoms with Gasteiger partial charge < -0.3 is 5.73 Å². The van der Waals surface area contributed by atoms with Gasteiger partial charge in [-0.25, -0.2) is 9.97 Å². The Hall–Kier alpha value is -1.45. The fraction of sp³-hybridized carbons (Fsp3) is 0.444. The molecule has 0 spiro atoms. The first-order valence-corrected chi connectivity index (χ1v) is 4.27. The number of nitrogens with two attached hydrogens (primary N) is 1. The van der Waals surface area contributed by atoms with Crippen LogP contribution in [0.1, 0.15) is 23.9 Å². The number of hydrogen-bond donors (Lipinski definition) is 1. The smallest absolute Gasteiger partial charge is 0.221 e. The molecule has 2 atom stereocenters. The highest BCUT2D eigenvalue weighted by Gasteiger charge is 2.44. The van der Waals surface area contributed by atoms with Gasteiger partial charge in [-0.05, 0) is 19.4 Å². The maximum Gasteiger partial charge on any atom is 0.221 e. The number of rotatable bonds is 2. The summed E-state index contributed by atoms with van der Waals surface area (Å²) in [6, 6.07) is 1.84. The zero-order chi connectivity index (χ0) is 9.42. The largest absolute Gasteiger partial charge is 0.369 e. The number of hydrogen-bond acceptors (Lipinski definition) is 3. The third-order valence-electron chi connectivity index (χ3n) is 2.30. The molecule has 1 heterocycles. The third-order valence-corrected chi connectivity index (χ3v) is 2.30. The van der Waals surface area contributed by atoms with Crippen LogP contribution in [-0.4, -0.2) is 15.9 Å². The maximum absolute atomic E-state index is 10.8. The first kappa shape index (κ1) is 8.16. The van der Waals surface area contributed by atoms with E-state index in [9.17, 15) is 4.79 Å². The second-order valence-electron chi connectivity index (χ2n) is 3.41. The summed E-state index contributed by atoms with van der Waals surface area (Å²) >= 11 is 0. The Kier molecular flexibility index (Phi) is 1.76. The molecule has 68 valence electrons. The van der Waals surface area contributed by atoms with Crippen LogP contribution in [0, 0.1) is 12.8 Å². The van der Waals surface area contributed by atoms with Gasteiger partial charge in [-0.3, -0.25) is 4.79 Å². The predicted octanol–water partition coefficient (Wildman–Crippen LogP) is 0.374. The highest BCUT2D eigenvalue weighted by molar-refractivity contribution is 5.80. The van der Waals surface area contributed by atoms with Crippen molar-refractivity contribution in [3.05, 3.63) is 23.8 Å². The van der Waals surface area contributed by atoms with Crippen LogP contribution in [0.25, 0.3) is 0 Å². The molecule has 0 aromatic carbocycles. The van der Waals surface area contributed by atoms with Crippen molar-refractivity contribution in [2.24, 2.45) is 11.7 Å². The molecule has 1 aliphatic rings. The van der Waals surface area contributed by atoms with E-state index in [1.165, 1.54) is 0 Å². The molecule has 2 N–H and O–H groups in total. The van der Waals surface area contributed by atoms with Crippen LogP contribution < -0.4 is 5.73 Å². The second-order valence-corrected chi connectivity index (χ2v) is 3.41. The average molecular weight is 177 g/mol. The summed E-state index contributed by atoms with van der Waals surface area (Å²) in [5, 5.41) is 0. The van der Waals surface area contributed by atoms with Gasteiger partial charge >= 0.3 is 0 Å². The maximum atomic E-state index is 10.8. The van der Waals surface area contributed by atoms with Gasteiger partial charge in [-0.1, -0.05) is 0 Å². The molecule has 0 unspecified atom stereocenters. The van der Waals surface area contributed by atoms with Crippen molar-refractivity contribution >= 4 is 5.91 Å². The Morgan fingerprint density at radius 3 is 3.00 bits per heavy atom. The van der Waals surface area contributed by atoms with Gasteiger partial charge in [-0.2, -0.15) is 0 Å². The van der Waals surface area contributed by atoms with Crippen molar-refractivity contribution in [2.45, 2.75) is 19.3 Å². The van der Waals surface area contributed by atoms with Gasteiger partial charge in [0.1, 0.15) is 5.82 Å². The standard InChI is InChI=1S/C9H11N3O/c1-5-2-3-11-9(12-5)7-4-6(7)8(10)13/h2-3,6-7H,4H2,1H3,(H2,10,13)/t6-,7-/m1/s1. The summed E-state index contributed by atoms with van der Waals surface area (Å²) < 4.78 is 0. The van der Waals surface area contributed by atoms with Crippen molar-refractivity contribution in [1.29, 1.82) is 0 Å². The van der Waals surface area contributed by atoms with Gasteiger partial charge in [-0.15, -0.1) is 0 Å². The molecule has 0 radical (unpaired) electrons. The Morgan fingerprint density at radius 1 is 1.69 bits per heavy atom. The molecule has 4 nitrogen and oxygen atoms in total. The third kappa shape index (κ3) is 1.52. The Balaban J connectivity index is 2.16. The highest BCUT2D eigenvalue weighted by Crippen LogP contribution is 2.45. The van der Waals surface area contributed by atoms with Crippen LogP contribution in [0.15, 0.2) is 12.3 Å². The molecular weight excluding hydrogens is 166 g/mol. The normalized spacial score (nSPS) is 25.6. The fourth-order valence-electron chi connectivity index (χ4n) is 1.44. The summed E-state index contributed by atoms with van der Waals surface area (Å²) in [6.45, 7) is 1.91. The van der Waals surface area contributed by atoms with E-state index >= 15 is 0 Å². The Bertz CT molecular complexity index is 350. The predicted molar refractivity (Wildman–Crippen MR) is 46.8 cm³/mol. The summed E-state index contributed by atoms with van der Waals surface area (Å²) in [5.41, 5.74) is 6.10. The quantitative estimate of drug-likeness (QED) is 0.709. The minimum atomic E-state index is -0.241. The summed E-state index contributed by atoms with van der Waals surface area (Å²) in [4.78, 5) is 19.2. The number of primary amides is 1.